The third-order valence-corrected chi connectivity index (χ3v) is 1.21. The van der Waals surface area contributed by atoms with Gasteiger partial charge in [-0.15, -0.1) is 0 Å². The van der Waals surface area contributed by atoms with Crippen molar-refractivity contribution in [3.05, 3.63) is 0 Å². The minimum atomic E-state index is -0.310. The molecular weight excluding hydrogens is 116 g/mol. The molecule has 0 fully saturated rings. The Morgan fingerprint density at radius 1 is 1.33 bits per heavy atom. The fourth-order valence-corrected chi connectivity index (χ4v) is 0.811. The molecule has 1 atom stereocenters. The van der Waals surface area contributed by atoms with Gasteiger partial charge in [0.15, 0.2) is 0 Å². The van der Waals surface area contributed by atoms with Crippen LogP contribution in [0.5, 0.6) is 0 Å². The summed E-state index contributed by atoms with van der Waals surface area (Å²) in [7, 11) is 0. The second-order valence-electron chi connectivity index (χ2n) is 2.80. The van der Waals surface area contributed by atoms with E-state index < -0.39 is 0 Å². The molecule has 0 saturated carbocycles. The van der Waals surface area contributed by atoms with Gasteiger partial charge in [-0.25, -0.2) is 0 Å². The van der Waals surface area contributed by atoms with Crippen molar-refractivity contribution in [2.45, 2.75) is 32.8 Å². The third kappa shape index (κ3) is 5.80. The smallest absolute Gasteiger partial charge is 0.0564 e. The van der Waals surface area contributed by atoms with E-state index in [0.29, 0.717) is 12.3 Å². The van der Waals surface area contributed by atoms with Crippen LogP contribution in [0.25, 0.3) is 0 Å². The van der Waals surface area contributed by atoms with Gasteiger partial charge in [0.1, 0.15) is 0 Å². The highest BCUT2D eigenvalue weighted by molar-refractivity contribution is 4.56. The normalized spacial score (nSPS) is 14.3. The second-order valence-corrected chi connectivity index (χ2v) is 2.80. The molecule has 2 N–H and O–H groups in total. The first-order chi connectivity index (χ1) is 4.16. The van der Waals surface area contributed by atoms with Gasteiger partial charge >= 0.3 is 0 Å². The molecule has 0 unspecified atom stereocenters. The molecule has 0 aliphatic rings. The molecular formula is C7H16O2. The Morgan fingerprint density at radius 3 is 2.22 bits per heavy atom. The fourth-order valence-electron chi connectivity index (χ4n) is 0.811. The highest BCUT2D eigenvalue weighted by Gasteiger charge is 2.04. The molecule has 0 spiro atoms. The first-order valence-electron chi connectivity index (χ1n) is 3.45. The van der Waals surface area contributed by atoms with E-state index in [1.165, 1.54) is 0 Å². The van der Waals surface area contributed by atoms with Crippen LogP contribution in [0.3, 0.4) is 0 Å². The highest BCUT2D eigenvalue weighted by Crippen LogP contribution is 2.06. The van der Waals surface area contributed by atoms with Crippen molar-refractivity contribution in [1.29, 1.82) is 0 Å². The molecule has 0 radical (unpaired) electrons. The Balaban J connectivity index is 3.15. The van der Waals surface area contributed by atoms with E-state index >= 15 is 0 Å². The molecule has 56 valence electrons. The predicted molar refractivity (Wildman–Crippen MR) is 37.2 cm³/mol. The van der Waals surface area contributed by atoms with Crippen LogP contribution in [0, 0.1) is 5.92 Å². The average Bonchev–Trinajstić information content (AvgIpc) is 1.63. The molecule has 0 aromatic heterocycles. The summed E-state index contributed by atoms with van der Waals surface area (Å²) in [4.78, 5) is 0. The lowest BCUT2D eigenvalue weighted by Crippen LogP contribution is -2.11. The lowest BCUT2D eigenvalue weighted by molar-refractivity contribution is 0.113. The van der Waals surface area contributed by atoms with Crippen molar-refractivity contribution in [3.8, 4) is 0 Å². The maximum absolute atomic E-state index is 9.06. The van der Waals surface area contributed by atoms with Gasteiger partial charge in [-0.3, -0.25) is 0 Å². The van der Waals surface area contributed by atoms with Crippen molar-refractivity contribution >= 4 is 0 Å². The molecule has 0 bridgehead atoms. The van der Waals surface area contributed by atoms with Gasteiger partial charge in [-0.2, -0.15) is 0 Å². The Labute approximate surface area is 56.5 Å². The number of hydrogen-bond donors (Lipinski definition) is 2. The summed E-state index contributed by atoms with van der Waals surface area (Å²) < 4.78 is 0. The Hall–Kier alpha value is -0.0800. The van der Waals surface area contributed by atoms with Crippen LogP contribution < -0.4 is 0 Å². The van der Waals surface area contributed by atoms with Crippen molar-refractivity contribution in [2.75, 3.05) is 6.61 Å². The van der Waals surface area contributed by atoms with E-state index in [0.717, 1.165) is 6.42 Å². The molecule has 2 nitrogen and oxygen atoms in total. The highest BCUT2D eigenvalue weighted by atomic mass is 16.3. The van der Waals surface area contributed by atoms with Gasteiger partial charge in [-0.05, 0) is 18.8 Å². The molecule has 0 aromatic rings. The number of aliphatic hydroxyl groups excluding tert-OH is 2. The molecule has 0 amide bonds. The van der Waals surface area contributed by atoms with Gasteiger partial charge in [0.25, 0.3) is 0 Å². The zero-order chi connectivity index (χ0) is 7.28. The zero-order valence-corrected chi connectivity index (χ0v) is 6.17. The monoisotopic (exact) mass is 132 g/mol. The van der Waals surface area contributed by atoms with E-state index in [4.69, 9.17) is 10.2 Å². The summed E-state index contributed by atoms with van der Waals surface area (Å²) in [5.41, 5.74) is 0. The quantitative estimate of drug-likeness (QED) is 0.593. The van der Waals surface area contributed by atoms with Gasteiger partial charge in [0.05, 0.1) is 6.10 Å². The lowest BCUT2D eigenvalue weighted by Gasteiger charge is -2.10. The van der Waals surface area contributed by atoms with Gasteiger partial charge in [0, 0.05) is 6.61 Å². The average molecular weight is 132 g/mol. The topological polar surface area (TPSA) is 40.5 Å². The molecule has 0 aliphatic carbocycles. The first-order valence-corrected chi connectivity index (χ1v) is 3.45. The third-order valence-electron chi connectivity index (χ3n) is 1.21. The molecule has 0 heterocycles. The van der Waals surface area contributed by atoms with Crippen molar-refractivity contribution in [2.24, 2.45) is 5.92 Å². The Kier molecular flexibility index (Phi) is 4.72. The predicted octanol–water partition coefficient (Wildman–Crippen LogP) is 0.776. The Morgan fingerprint density at radius 2 is 1.89 bits per heavy atom. The van der Waals surface area contributed by atoms with Crippen LogP contribution in [0.2, 0.25) is 0 Å². The fraction of sp³-hybridized carbons (Fsp3) is 1.00. The minimum Gasteiger partial charge on any atom is -0.396 e. The summed E-state index contributed by atoms with van der Waals surface area (Å²) in [5.74, 6) is 0.520. The summed E-state index contributed by atoms with van der Waals surface area (Å²) in [6, 6.07) is 0. The molecule has 0 aliphatic heterocycles. The second kappa shape index (κ2) is 4.77. The Bertz CT molecular complexity index is 61.9. The largest absolute Gasteiger partial charge is 0.396 e. The maximum Gasteiger partial charge on any atom is 0.0564 e. The van der Waals surface area contributed by atoms with Crippen molar-refractivity contribution in [1.82, 2.24) is 0 Å². The van der Waals surface area contributed by atoms with E-state index in [2.05, 4.69) is 13.8 Å². The number of rotatable bonds is 4. The molecule has 9 heavy (non-hydrogen) atoms. The van der Waals surface area contributed by atoms with Gasteiger partial charge in [0.2, 0.25) is 0 Å². The molecule has 0 saturated heterocycles. The minimum absolute atomic E-state index is 0.0912. The van der Waals surface area contributed by atoms with E-state index in [9.17, 15) is 0 Å². The molecule has 0 rings (SSSR count). The van der Waals surface area contributed by atoms with Crippen LogP contribution in [0.4, 0.5) is 0 Å². The summed E-state index contributed by atoms with van der Waals surface area (Å²) in [5, 5.41) is 17.4. The van der Waals surface area contributed by atoms with Gasteiger partial charge < -0.3 is 10.2 Å². The molecule has 0 aromatic carbocycles. The van der Waals surface area contributed by atoms with Gasteiger partial charge in [-0.1, -0.05) is 13.8 Å². The number of aliphatic hydroxyl groups is 2. The van der Waals surface area contributed by atoms with Crippen LogP contribution in [0.15, 0.2) is 0 Å². The first kappa shape index (κ1) is 8.92. The van der Waals surface area contributed by atoms with Crippen LogP contribution in [-0.2, 0) is 0 Å². The van der Waals surface area contributed by atoms with Crippen LogP contribution >= 0.6 is 0 Å². The van der Waals surface area contributed by atoms with Crippen molar-refractivity contribution < 1.29 is 10.2 Å². The summed E-state index contributed by atoms with van der Waals surface area (Å²) >= 11 is 0. The van der Waals surface area contributed by atoms with E-state index in [1.54, 1.807) is 0 Å². The van der Waals surface area contributed by atoms with Crippen LogP contribution in [0.1, 0.15) is 26.7 Å². The standard InChI is InChI=1S/C7H16O2/c1-6(2)5-7(9)3-4-8/h6-9H,3-5H2,1-2H3/t7-/m0/s1. The lowest BCUT2D eigenvalue weighted by atomic mass is 10.0. The van der Waals surface area contributed by atoms with E-state index in [1.807, 2.05) is 0 Å². The zero-order valence-electron chi connectivity index (χ0n) is 6.17. The van der Waals surface area contributed by atoms with Crippen LogP contribution in [-0.4, -0.2) is 22.9 Å². The maximum atomic E-state index is 9.06. The molecule has 2 heteroatoms. The summed E-state index contributed by atoms with van der Waals surface area (Å²) in [6.07, 6.45) is 0.994. The van der Waals surface area contributed by atoms with E-state index in [-0.39, 0.29) is 12.7 Å². The van der Waals surface area contributed by atoms with Crippen molar-refractivity contribution in [3.63, 3.8) is 0 Å². The SMILES string of the molecule is CC(C)C[C@@H](O)CCO. The summed E-state index contributed by atoms with van der Waals surface area (Å²) in [6.45, 7) is 4.20. The number of hydrogen-bond acceptors (Lipinski definition) is 2.